The number of fused-ring (bicyclic) bond motifs is 1. The first-order valence-corrected chi connectivity index (χ1v) is 6.70. The van der Waals surface area contributed by atoms with E-state index >= 15 is 0 Å². The SMILES string of the molecule is NCCN(CCN)CCc1ccc2c(c1)CCO2. The van der Waals surface area contributed by atoms with Crippen molar-refractivity contribution < 1.29 is 4.74 Å². The average Bonchev–Trinajstić information content (AvgIpc) is 2.84. The van der Waals surface area contributed by atoms with Gasteiger partial charge in [-0.3, -0.25) is 0 Å². The summed E-state index contributed by atoms with van der Waals surface area (Å²) >= 11 is 0. The van der Waals surface area contributed by atoms with Gasteiger partial charge in [0, 0.05) is 39.1 Å². The van der Waals surface area contributed by atoms with Gasteiger partial charge >= 0.3 is 0 Å². The molecule has 0 aromatic heterocycles. The Bertz CT molecular complexity index is 375. The Hall–Kier alpha value is -1.10. The first-order chi connectivity index (χ1) is 8.83. The second-order valence-corrected chi connectivity index (χ2v) is 4.71. The van der Waals surface area contributed by atoms with Crippen molar-refractivity contribution in [2.75, 3.05) is 39.3 Å². The normalized spacial score (nSPS) is 13.7. The summed E-state index contributed by atoms with van der Waals surface area (Å²) in [6.45, 7) is 5.08. The number of nitrogens with two attached hydrogens (primary N) is 2. The van der Waals surface area contributed by atoms with E-state index in [1.807, 2.05) is 0 Å². The third-order valence-corrected chi connectivity index (χ3v) is 3.36. The number of rotatable bonds is 7. The van der Waals surface area contributed by atoms with Crippen LogP contribution in [0.1, 0.15) is 11.1 Å². The van der Waals surface area contributed by atoms with Crippen molar-refractivity contribution >= 4 is 0 Å². The van der Waals surface area contributed by atoms with E-state index in [9.17, 15) is 0 Å². The Morgan fingerprint density at radius 1 is 1.11 bits per heavy atom. The fourth-order valence-corrected chi connectivity index (χ4v) is 2.38. The summed E-state index contributed by atoms with van der Waals surface area (Å²) in [5.74, 6) is 1.06. The molecule has 1 aromatic rings. The lowest BCUT2D eigenvalue weighted by atomic mass is 10.1. The Balaban J connectivity index is 1.88. The van der Waals surface area contributed by atoms with Crippen LogP contribution in [-0.2, 0) is 12.8 Å². The van der Waals surface area contributed by atoms with Gasteiger partial charge in [-0.05, 0) is 23.6 Å². The first-order valence-electron chi connectivity index (χ1n) is 6.70. The molecule has 1 aromatic carbocycles. The minimum Gasteiger partial charge on any atom is -0.493 e. The lowest BCUT2D eigenvalue weighted by molar-refractivity contribution is 0.292. The maximum absolute atomic E-state index is 5.60. The highest BCUT2D eigenvalue weighted by atomic mass is 16.5. The molecular weight excluding hydrogens is 226 g/mol. The zero-order valence-corrected chi connectivity index (χ0v) is 10.9. The van der Waals surface area contributed by atoms with Gasteiger partial charge < -0.3 is 21.1 Å². The predicted octanol–water partition coefficient (Wildman–Crippen LogP) is 0.383. The number of hydrogen-bond acceptors (Lipinski definition) is 4. The molecule has 0 saturated carbocycles. The van der Waals surface area contributed by atoms with E-state index in [0.717, 1.165) is 44.8 Å². The summed E-state index contributed by atoms with van der Waals surface area (Å²) in [6, 6.07) is 6.52. The minimum absolute atomic E-state index is 0.692. The van der Waals surface area contributed by atoms with Crippen LogP contribution in [0.3, 0.4) is 0 Å². The van der Waals surface area contributed by atoms with Gasteiger partial charge in [0.15, 0.2) is 0 Å². The van der Waals surface area contributed by atoms with E-state index in [1.54, 1.807) is 0 Å². The van der Waals surface area contributed by atoms with E-state index in [4.69, 9.17) is 16.2 Å². The van der Waals surface area contributed by atoms with Crippen LogP contribution < -0.4 is 16.2 Å². The molecule has 0 saturated heterocycles. The topological polar surface area (TPSA) is 64.5 Å². The Kier molecular flexibility index (Phi) is 4.99. The summed E-state index contributed by atoms with van der Waals surface area (Å²) in [4.78, 5) is 2.32. The molecule has 0 spiro atoms. The fraction of sp³-hybridized carbons (Fsp3) is 0.571. The van der Waals surface area contributed by atoms with Gasteiger partial charge in [0.25, 0.3) is 0 Å². The van der Waals surface area contributed by atoms with E-state index < -0.39 is 0 Å². The maximum Gasteiger partial charge on any atom is 0.122 e. The van der Waals surface area contributed by atoms with Crippen LogP contribution >= 0.6 is 0 Å². The van der Waals surface area contributed by atoms with Gasteiger partial charge in [-0.25, -0.2) is 0 Å². The molecule has 0 bridgehead atoms. The van der Waals surface area contributed by atoms with Crippen LogP contribution in [0.15, 0.2) is 18.2 Å². The van der Waals surface area contributed by atoms with Gasteiger partial charge in [0.1, 0.15) is 5.75 Å². The van der Waals surface area contributed by atoms with Crippen molar-refractivity contribution in [2.24, 2.45) is 11.5 Å². The highest BCUT2D eigenvalue weighted by molar-refractivity contribution is 5.39. The Morgan fingerprint density at radius 3 is 2.61 bits per heavy atom. The second-order valence-electron chi connectivity index (χ2n) is 4.71. The van der Waals surface area contributed by atoms with Gasteiger partial charge in [-0.1, -0.05) is 12.1 Å². The molecule has 1 heterocycles. The van der Waals surface area contributed by atoms with Gasteiger partial charge in [-0.2, -0.15) is 0 Å². The molecule has 4 nitrogen and oxygen atoms in total. The van der Waals surface area contributed by atoms with E-state index in [-0.39, 0.29) is 0 Å². The predicted molar refractivity (Wildman–Crippen MR) is 73.9 cm³/mol. The summed E-state index contributed by atoms with van der Waals surface area (Å²) < 4.78 is 5.51. The molecule has 1 aliphatic heterocycles. The van der Waals surface area contributed by atoms with Crippen LogP contribution in [-0.4, -0.2) is 44.2 Å². The first kappa shape index (κ1) is 13.3. The van der Waals surface area contributed by atoms with Crippen LogP contribution in [0.4, 0.5) is 0 Å². The monoisotopic (exact) mass is 249 g/mol. The largest absolute Gasteiger partial charge is 0.493 e. The van der Waals surface area contributed by atoms with Crippen molar-refractivity contribution in [1.82, 2.24) is 4.90 Å². The lowest BCUT2D eigenvalue weighted by Gasteiger charge is -2.20. The number of benzene rings is 1. The van der Waals surface area contributed by atoms with E-state index in [0.29, 0.717) is 13.1 Å². The molecule has 2 rings (SSSR count). The number of nitrogens with zero attached hydrogens (tertiary/aromatic N) is 1. The molecule has 4 N–H and O–H groups in total. The summed E-state index contributed by atoms with van der Waals surface area (Å²) in [5.41, 5.74) is 13.9. The third-order valence-electron chi connectivity index (χ3n) is 3.36. The Labute approximate surface area is 109 Å². The summed E-state index contributed by atoms with van der Waals surface area (Å²) in [7, 11) is 0. The van der Waals surface area contributed by atoms with Crippen molar-refractivity contribution in [2.45, 2.75) is 12.8 Å². The zero-order chi connectivity index (χ0) is 12.8. The summed E-state index contributed by atoms with van der Waals surface area (Å²) in [6.07, 6.45) is 2.09. The maximum atomic E-state index is 5.60. The highest BCUT2D eigenvalue weighted by Crippen LogP contribution is 2.25. The van der Waals surface area contributed by atoms with Gasteiger partial charge in [-0.15, -0.1) is 0 Å². The molecule has 100 valence electrons. The number of hydrogen-bond donors (Lipinski definition) is 2. The standard InChI is InChI=1S/C14H23N3O/c15-5-8-17(9-6-16)7-3-12-1-2-14-13(11-12)4-10-18-14/h1-2,11H,3-10,15-16H2. The van der Waals surface area contributed by atoms with E-state index in [2.05, 4.69) is 23.1 Å². The van der Waals surface area contributed by atoms with Crippen molar-refractivity contribution in [3.05, 3.63) is 29.3 Å². The van der Waals surface area contributed by atoms with Crippen molar-refractivity contribution in [3.8, 4) is 5.75 Å². The molecule has 0 atom stereocenters. The van der Waals surface area contributed by atoms with Gasteiger partial charge in [0.05, 0.1) is 6.61 Å². The molecule has 18 heavy (non-hydrogen) atoms. The molecule has 0 aliphatic carbocycles. The van der Waals surface area contributed by atoms with Crippen molar-refractivity contribution in [3.63, 3.8) is 0 Å². The van der Waals surface area contributed by atoms with Crippen LogP contribution in [0.2, 0.25) is 0 Å². The fourth-order valence-electron chi connectivity index (χ4n) is 2.38. The minimum atomic E-state index is 0.692. The van der Waals surface area contributed by atoms with Crippen LogP contribution in [0.25, 0.3) is 0 Å². The zero-order valence-electron chi connectivity index (χ0n) is 10.9. The highest BCUT2D eigenvalue weighted by Gasteiger charge is 2.12. The summed E-state index contributed by atoms with van der Waals surface area (Å²) in [5, 5.41) is 0. The molecular formula is C14H23N3O. The molecule has 0 fully saturated rings. The second kappa shape index (κ2) is 6.73. The van der Waals surface area contributed by atoms with E-state index in [1.165, 1.54) is 11.1 Å². The van der Waals surface area contributed by atoms with Crippen LogP contribution in [0, 0.1) is 0 Å². The average molecular weight is 249 g/mol. The van der Waals surface area contributed by atoms with Crippen molar-refractivity contribution in [1.29, 1.82) is 0 Å². The molecule has 0 unspecified atom stereocenters. The smallest absolute Gasteiger partial charge is 0.122 e. The number of ether oxygens (including phenoxy) is 1. The molecule has 4 heteroatoms. The lowest BCUT2D eigenvalue weighted by Crippen LogP contribution is -2.35. The molecule has 0 amide bonds. The third kappa shape index (κ3) is 3.45. The quantitative estimate of drug-likeness (QED) is 0.733. The molecule has 1 aliphatic rings. The molecule has 0 radical (unpaired) electrons. The van der Waals surface area contributed by atoms with Gasteiger partial charge in [0.2, 0.25) is 0 Å². The Morgan fingerprint density at radius 2 is 1.89 bits per heavy atom. The van der Waals surface area contributed by atoms with Crippen LogP contribution in [0.5, 0.6) is 5.75 Å².